The molecule has 0 spiro atoms. The summed E-state index contributed by atoms with van der Waals surface area (Å²) in [7, 11) is 0. The number of fused-ring (bicyclic) bond motifs is 1. The largest absolute Gasteiger partial charge is 0.311 e. The van der Waals surface area contributed by atoms with E-state index in [1.54, 1.807) is 11.3 Å². The number of hydrogen-bond acceptors (Lipinski definition) is 2. The highest BCUT2D eigenvalue weighted by Gasteiger charge is 2.09. The van der Waals surface area contributed by atoms with Crippen LogP contribution in [-0.2, 0) is 6.54 Å². The van der Waals surface area contributed by atoms with Gasteiger partial charge in [-0.3, -0.25) is 0 Å². The zero-order valence-corrected chi connectivity index (χ0v) is 11.8. The summed E-state index contributed by atoms with van der Waals surface area (Å²) in [5.41, 5.74) is 1.37. The molecule has 1 unspecified atom stereocenters. The van der Waals surface area contributed by atoms with Crippen LogP contribution in [0.5, 0.6) is 0 Å². The lowest BCUT2D eigenvalue weighted by molar-refractivity contribution is 0.547. The predicted octanol–water partition coefficient (Wildman–Crippen LogP) is 4.25. The van der Waals surface area contributed by atoms with E-state index in [-0.39, 0.29) is 5.38 Å². The van der Waals surface area contributed by atoms with Crippen molar-refractivity contribution in [2.45, 2.75) is 25.8 Å². The van der Waals surface area contributed by atoms with Crippen LogP contribution in [0, 0.1) is 5.92 Å². The topological polar surface area (TPSA) is 12.0 Å². The molecule has 1 aromatic heterocycles. The van der Waals surface area contributed by atoms with Gasteiger partial charge in [-0.2, -0.15) is 0 Å². The summed E-state index contributed by atoms with van der Waals surface area (Å²) in [5, 5.41) is 7.24. The third-order valence-electron chi connectivity index (χ3n) is 2.94. The second-order valence-electron chi connectivity index (χ2n) is 4.65. The lowest BCUT2D eigenvalue weighted by Gasteiger charge is -2.13. The molecule has 0 aliphatic rings. The molecular formula is C14H18ClNS. The fourth-order valence-corrected chi connectivity index (χ4v) is 2.82. The lowest BCUT2D eigenvalue weighted by Crippen LogP contribution is -2.26. The molecule has 0 fully saturated rings. The minimum atomic E-state index is 0.208. The standard InChI is InChI=1S/C14H18ClNS/c1-10(2)13(15)8-16-7-11-9-17-14-6-4-3-5-12(11)14/h3-6,9-10,13,16H,7-8H2,1-2H3. The smallest absolute Gasteiger partial charge is 0.0483 e. The molecular weight excluding hydrogens is 250 g/mol. The Morgan fingerprint density at radius 1 is 1.29 bits per heavy atom. The first-order valence-corrected chi connectivity index (χ1v) is 7.30. The molecule has 0 amide bonds. The summed E-state index contributed by atoms with van der Waals surface area (Å²) in [4.78, 5) is 0. The van der Waals surface area contributed by atoms with Gasteiger partial charge in [-0.05, 0) is 28.3 Å². The molecule has 2 rings (SSSR count). The van der Waals surface area contributed by atoms with Crippen molar-refractivity contribution in [2.75, 3.05) is 6.54 Å². The van der Waals surface area contributed by atoms with E-state index in [0.717, 1.165) is 13.1 Å². The number of alkyl halides is 1. The molecule has 0 saturated heterocycles. The Morgan fingerprint density at radius 3 is 2.82 bits per heavy atom. The van der Waals surface area contributed by atoms with E-state index in [0.29, 0.717) is 5.92 Å². The second kappa shape index (κ2) is 5.85. The predicted molar refractivity (Wildman–Crippen MR) is 78.0 cm³/mol. The van der Waals surface area contributed by atoms with Gasteiger partial charge in [0.15, 0.2) is 0 Å². The first-order valence-electron chi connectivity index (χ1n) is 5.98. The molecule has 17 heavy (non-hydrogen) atoms. The van der Waals surface area contributed by atoms with Gasteiger partial charge < -0.3 is 5.32 Å². The van der Waals surface area contributed by atoms with Crippen LogP contribution in [-0.4, -0.2) is 11.9 Å². The Kier molecular flexibility index (Phi) is 4.43. The molecule has 0 radical (unpaired) electrons. The molecule has 0 aliphatic heterocycles. The average Bonchev–Trinajstić information content (AvgIpc) is 2.72. The van der Waals surface area contributed by atoms with Gasteiger partial charge >= 0.3 is 0 Å². The fourth-order valence-electron chi connectivity index (χ4n) is 1.75. The number of hydrogen-bond donors (Lipinski definition) is 1. The zero-order chi connectivity index (χ0) is 12.3. The molecule has 92 valence electrons. The maximum atomic E-state index is 6.21. The summed E-state index contributed by atoms with van der Waals surface area (Å²) >= 11 is 8.02. The van der Waals surface area contributed by atoms with Crippen molar-refractivity contribution in [2.24, 2.45) is 5.92 Å². The van der Waals surface area contributed by atoms with Gasteiger partial charge in [-0.1, -0.05) is 32.0 Å². The first kappa shape index (κ1) is 12.9. The molecule has 1 nitrogen and oxygen atoms in total. The zero-order valence-electron chi connectivity index (χ0n) is 10.2. The number of thiophene rings is 1. The number of halogens is 1. The Morgan fingerprint density at radius 2 is 2.06 bits per heavy atom. The first-order chi connectivity index (χ1) is 8.18. The maximum Gasteiger partial charge on any atom is 0.0483 e. The molecule has 1 N–H and O–H groups in total. The van der Waals surface area contributed by atoms with Crippen molar-refractivity contribution in [1.29, 1.82) is 0 Å². The van der Waals surface area contributed by atoms with Crippen LogP contribution < -0.4 is 5.32 Å². The summed E-state index contributed by atoms with van der Waals surface area (Å²) in [6, 6.07) is 8.53. The van der Waals surface area contributed by atoms with Crippen LogP contribution >= 0.6 is 22.9 Å². The van der Waals surface area contributed by atoms with Crippen molar-refractivity contribution in [3.8, 4) is 0 Å². The van der Waals surface area contributed by atoms with Gasteiger partial charge in [-0.15, -0.1) is 22.9 Å². The van der Waals surface area contributed by atoms with E-state index in [2.05, 4.69) is 48.8 Å². The van der Waals surface area contributed by atoms with E-state index in [1.165, 1.54) is 15.6 Å². The summed E-state index contributed by atoms with van der Waals surface area (Å²) in [6.45, 7) is 6.07. The van der Waals surface area contributed by atoms with Crippen LogP contribution in [0.25, 0.3) is 10.1 Å². The quantitative estimate of drug-likeness (QED) is 0.799. The van der Waals surface area contributed by atoms with E-state index < -0.39 is 0 Å². The van der Waals surface area contributed by atoms with Crippen LogP contribution in [0.2, 0.25) is 0 Å². The minimum absolute atomic E-state index is 0.208. The van der Waals surface area contributed by atoms with Crippen LogP contribution in [0.1, 0.15) is 19.4 Å². The molecule has 1 heterocycles. The number of nitrogens with one attached hydrogen (secondary N) is 1. The third kappa shape index (κ3) is 3.21. The lowest BCUT2D eigenvalue weighted by atomic mass is 10.1. The van der Waals surface area contributed by atoms with Gasteiger partial charge in [0.1, 0.15) is 0 Å². The summed E-state index contributed by atoms with van der Waals surface area (Å²) in [6.07, 6.45) is 0. The minimum Gasteiger partial charge on any atom is -0.311 e. The van der Waals surface area contributed by atoms with Gasteiger partial charge in [0.25, 0.3) is 0 Å². The molecule has 0 aliphatic carbocycles. The van der Waals surface area contributed by atoms with Crippen LogP contribution in [0.4, 0.5) is 0 Å². The van der Waals surface area contributed by atoms with Gasteiger partial charge in [-0.25, -0.2) is 0 Å². The summed E-state index contributed by atoms with van der Waals surface area (Å²) in [5.74, 6) is 0.517. The SMILES string of the molecule is CC(C)C(Cl)CNCc1csc2ccccc12. The Labute approximate surface area is 112 Å². The highest BCUT2D eigenvalue weighted by molar-refractivity contribution is 7.17. The van der Waals surface area contributed by atoms with Crippen molar-refractivity contribution in [3.05, 3.63) is 35.2 Å². The van der Waals surface area contributed by atoms with Crippen LogP contribution in [0.3, 0.4) is 0 Å². The van der Waals surface area contributed by atoms with Gasteiger partial charge in [0.05, 0.1) is 0 Å². The van der Waals surface area contributed by atoms with Crippen LogP contribution in [0.15, 0.2) is 29.6 Å². The van der Waals surface area contributed by atoms with Gasteiger partial charge in [0.2, 0.25) is 0 Å². The molecule has 1 aromatic carbocycles. The monoisotopic (exact) mass is 267 g/mol. The molecule has 2 aromatic rings. The molecule has 3 heteroatoms. The highest BCUT2D eigenvalue weighted by Crippen LogP contribution is 2.25. The third-order valence-corrected chi connectivity index (χ3v) is 4.61. The number of rotatable bonds is 5. The van der Waals surface area contributed by atoms with Crippen molar-refractivity contribution in [1.82, 2.24) is 5.32 Å². The van der Waals surface area contributed by atoms with E-state index >= 15 is 0 Å². The summed E-state index contributed by atoms with van der Waals surface area (Å²) < 4.78 is 1.36. The maximum absolute atomic E-state index is 6.21. The van der Waals surface area contributed by atoms with E-state index in [9.17, 15) is 0 Å². The van der Waals surface area contributed by atoms with Crippen molar-refractivity contribution < 1.29 is 0 Å². The van der Waals surface area contributed by atoms with E-state index in [1.807, 2.05) is 0 Å². The number of benzene rings is 1. The van der Waals surface area contributed by atoms with Gasteiger partial charge in [0, 0.05) is 23.2 Å². The van der Waals surface area contributed by atoms with E-state index in [4.69, 9.17) is 11.6 Å². The average molecular weight is 268 g/mol. The second-order valence-corrected chi connectivity index (χ2v) is 6.12. The normalized spacial score (nSPS) is 13.4. The highest BCUT2D eigenvalue weighted by atomic mass is 35.5. The molecule has 0 bridgehead atoms. The Hall–Kier alpha value is -0.570. The Balaban J connectivity index is 1.95. The molecule has 1 atom stereocenters. The van der Waals surface area contributed by atoms with Crippen molar-refractivity contribution in [3.63, 3.8) is 0 Å². The Bertz CT molecular complexity index is 478. The van der Waals surface area contributed by atoms with Crippen molar-refractivity contribution >= 4 is 33.0 Å². The fraction of sp³-hybridized carbons (Fsp3) is 0.429. The molecule has 0 saturated carbocycles.